The summed E-state index contributed by atoms with van der Waals surface area (Å²) in [5, 5.41) is 3.17. The van der Waals surface area contributed by atoms with Gasteiger partial charge in [-0.2, -0.15) is 0 Å². The summed E-state index contributed by atoms with van der Waals surface area (Å²) < 4.78 is 31.1. The van der Waals surface area contributed by atoms with Gasteiger partial charge in [0.1, 0.15) is 11.5 Å². The molecule has 0 aliphatic carbocycles. The van der Waals surface area contributed by atoms with Crippen LogP contribution in [0.25, 0.3) is 0 Å². The summed E-state index contributed by atoms with van der Waals surface area (Å²) in [4.78, 5) is 14.6. The molecule has 30 heavy (non-hydrogen) atoms. The van der Waals surface area contributed by atoms with E-state index in [1.807, 2.05) is 18.2 Å². The van der Waals surface area contributed by atoms with Crippen LogP contribution in [0.1, 0.15) is 36.3 Å². The summed E-state index contributed by atoms with van der Waals surface area (Å²) in [6.45, 7) is 1.57. The highest BCUT2D eigenvalue weighted by atomic mass is 79.9. The fourth-order valence-electron chi connectivity index (χ4n) is 3.88. The Hall–Kier alpha value is -1.02. The van der Waals surface area contributed by atoms with E-state index >= 15 is 4.39 Å². The Morgan fingerprint density at radius 1 is 1.13 bits per heavy atom. The van der Waals surface area contributed by atoms with Gasteiger partial charge in [-0.3, -0.25) is 4.79 Å². The molecule has 1 unspecified atom stereocenters. The molecule has 2 aromatic rings. The first-order chi connectivity index (χ1) is 13.8. The molecule has 1 amide bonds. The number of hydrogen-bond acceptors (Lipinski definition) is 2. The highest BCUT2D eigenvalue weighted by molar-refractivity contribution is 9.11. The summed E-state index contributed by atoms with van der Waals surface area (Å²) in [7, 11) is 1.73. The summed E-state index contributed by atoms with van der Waals surface area (Å²) in [6, 6.07) is 11.7. The zero-order valence-electron chi connectivity index (χ0n) is 16.6. The molecule has 8 heteroatoms. The first kappa shape index (κ1) is 25.2. The van der Waals surface area contributed by atoms with Crippen molar-refractivity contribution in [2.75, 3.05) is 20.1 Å². The second kappa shape index (κ2) is 11.0. The van der Waals surface area contributed by atoms with Crippen LogP contribution in [-0.4, -0.2) is 36.6 Å². The summed E-state index contributed by atoms with van der Waals surface area (Å²) in [6.07, 6.45) is 0.725. The van der Waals surface area contributed by atoms with Gasteiger partial charge in [0.15, 0.2) is 0 Å². The summed E-state index contributed by atoms with van der Waals surface area (Å²) in [5.41, 5.74) is 0.151. The number of amides is 1. The van der Waals surface area contributed by atoms with Crippen LogP contribution >= 0.6 is 44.3 Å². The Labute approximate surface area is 199 Å². The maximum Gasteiger partial charge on any atom is 0.223 e. The van der Waals surface area contributed by atoms with Crippen molar-refractivity contribution in [2.24, 2.45) is 0 Å². The van der Waals surface area contributed by atoms with Crippen molar-refractivity contribution in [3.05, 3.63) is 68.4 Å². The molecule has 1 fully saturated rings. The number of carbonyl (C=O) groups is 1. The molecule has 3 nitrogen and oxygen atoms in total. The van der Waals surface area contributed by atoms with E-state index in [4.69, 9.17) is 0 Å². The third-order valence-electron chi connectivity index (χ3n) is 5.48. The van der Waals surface area contributed by atoms with Gasteiger partial charge < -0.3 is 10.2 Å². The van der Waals surface area contributed by atoms with Crippen molar-refractivity contribution in [1.29, 1.82) is 0 Å². The predicted molar refractivity (Wildman–Crippen MR) is 125 cm³/mol. The largest absolute Gasteiger partial charge is 0.341 e. The molecule has 3 rings (SSSR count). The van der Waals surface area contributed by atoms with E-state index < -0.39 is 11.6 Å². The molecule has 0 spiro atoms. The first-order valence-corrected chi connectivity index (χ1v) is 11.2. The summed E-state index contributed by atoms with van der Waals surface area (Å²) >= 11 is 6.91. The second-order valence-corrected chi connectivity index (χ2v) is 9.45. The van der Waals surface area contributed by atoms with Gasteiger partial charge in [0.05, 0.1) is 0 Å². The van der Waals surface area contributed by atoms with Gasteiger partial charge in [-0.1, -0.05) is 44.0 Å². The molecule has 1 aliphatic heterocycles. The Bertz CT molecular complexity index is 840. The maximum atomic E-state index is 15.9. The molecule has 1 heterocycles. The molecule has 0 aromatic heterocycles. The zero-order chi connectivity index (χ0) is 21.0. The third kappa shape index (κ3) is 6.49. The minimum Gasteiger partial charge on any atom is -0.341 e. The van der Waals surface area contributed by atoms with Crippen molar-refractivity contribution in [3.8, 4) is 0 Å². The SMILES string of the molecule is CN(Cc1cc(Br)cc(Br)c1)C(=O)CC(c1ccc(F)cc1)C1(F)CCNCC1.Cl. The smallest absolute Gasteiger partial charge is 0.223 e. The fourth-order valence-corrected chi connectivity index (χ4v) is 5.27. The quantitative estimate of drug-likeness (QED) is 0.466. The van der Waals surface area contributed by atoms with Crippen LogP contribution in [0.15, 0.2) is 51.4 Å². The van der Waals surface area contributed by atoms with Gasteiger partial charge in [-0.05, 0) is 67.4 Å². The standard InChI is InChI=1S/C22H24Br2F2N2O.ClH/c1-28(14-15-10-17(23)12-18(24)11-15)21(29)13-20(16-2-4-19(25)5-3-16)22(26)6-8-27-9-7-22;/h2-5,10-12,20,27H,6-9,13-14H2,1H3;1H. The highest BCUT2D eigenvalue weighted by Gasteiger charge is 2.42. The van der Waals surface area contributed by atoms with Crippen molar-refractivity contribution < 1.29 is 13.6 Å². The van der Waals surface area contributed by atoms with E-state index in [0.717, 1.165) is 14.5 Å². The average Bonchev–Trinajstić information content (AvgIpc) is 2.66. The van der Waals surface area contributed by atoms with Crippen LogP contribution in [0.2, 0.25) is 0 Å². The van der Waals surface area contributed by atoms with E-state index in [1.165, 1.54) is 12.1 Å². The van der Waals surface area contributed by atoms with E-state index in [1.54, 1.807) is 24.1 Å². The zero-order valence-corrected chi connectivity index (χ0v) is 20.6. The van der Waals surface area contributed by atoms with Crippen LogP contribution in [0.4, 0.5) is 8.78 Å². The Kier molecular flexibility index (Phi) is 9.28. The minimum atomic E-state index is -1.49. The van der Waals surface area contributed by atoms with Crippen LogP contribution in [0, 0.1) is 5.82 Å². The van der Waals surface area contributed by atoms with E-state index in [-0.39, 0.29) is 30.6 Å². The van der Waals surface area contributed by atoms with Gasteiger partial charge in [-0.25, -0.2) is 8.78 Å². The molecule has 1 N–H and O–H groups in total. The molecular formula is C22H25Br2ClF2N2O. The number of nitrogens with one attached hydrogen (secondary N) is 1. The molecule has 1 aliphatic rings. The van der Waals surface area contributed by atoms with E-state index in [2.05, 4.69) is 37.2 Å². The summed E-state index contributed by atoms with van der Waals surface area (Å²) in [5.74, 6) is -1.10. The van der Waals surface area contributed by atoms with Gasteiger partial charge in [0.2, 0.25) is 5.91 Å². The van der Waals surface area contributed by atoms with Crippen molar-refractivity contribution in [2.45, 2.75) is 37.4 Å². The van der Waals surface area contributed by atoms with Crippen molar-refractivity contribution >= 4 is 50.2 Å². The maximum absolute atomic E-state index is 15.9. The lowest BCUT2D eigenvalue weighted by atomic mass is 9.75. The topological polar surface area (TPSA) is 32.3 Å². The fraction of sp³-hybridized carbons (Fsp3) is 0.409. The Balaban J connectivity index is 0.00000320. The van der Waals surface area contributed by atoms with Gasteiger partial charge in [0, 0.05) is 34.9 Å². The lowest BCUT2D eigenvalue weighted by molar-refractivity contribution is -0.132. The molecule has 0 radical (unpaired) electrons. The molecule has 1 atom stereocenters. The number of carbonyl (C=O) groups excluding carboxylic acids is 1. The second-order valence-electron chi connectivity index (χ2n) is 7.62. The number of hydrogen-bond donors (Lipinski definition) is 1. The van der Waals surface area contributed by atoms with E-state index in [9.17, 15) is 9.18 Å². The lowest BCUT2D eigenvalue weighted by Crippen LogP contribution is -2.44. The van der Waals surface area contributed by atoms with E-state index in [0.29, 0.717) is 38.0 Å². The number of halogens is 5. The normalized spacial score (nSPS) is 16.4. The lowest BCUT2D eigenvalue weighted by Gasteiger charge is -2.38. The number of benzene rings is 2. The molecule has 0 bridgehead atoms. The van der Waals surface area contributed by atoms with Crippen LogP contribution < -0.4 is 5.32 Å². The Morgan fingerprint density at radius 3 is 2.27 bits per heavy atom. The van der Waals surface area contributed by atoms with Crippen molar-refractivity contribution in [3.63, 3.8) is 0 Å². The van der Waals surface area contributed by atoms with Gasteiger partial charge in [0.25, 0.3) is 0 Å². The van der Waals surface area contributed by atoms with Gasteiger partial charge >= 0.3 is 0 Å². The van der Waals surface area contributed by atoms with Gasteiger partial charge in [-0.15, -0.1) is 12.4 Å². The number of nitrogens with zero attached hydrogens (tertiary/aromatic N) is 1. The minimum absolute atomic E-state index is 0. The molecule has 0 saturated carbocycles. The third-order valence-corrected chi connectivity index (χ3v) is 6.39. The van der Waals surface area contributed by atoms with Crippen LogP contribution in [0.5, 0.6) is 0 Å². The highest BCUT2D eigenvalue weighted by Crippen LogP contribution is 2.41. The number of alkyl halides is 1. The monoisotopic (exact) mass is 564 g/mol. The molecule has 1 saturated heterocycles. The predicted octanol–water partition coefficient (Wildman–Crippen LogP) is 6.00. The van der Waals surface area contributed by atoms with Crippen LogP contribution in [-0.2, 0) is 11.3 Å². The Morgan fingerprint density at radius 2 is 1.70 bits per heavy atom. The first-order valence-electron chi connectivity index (χ1n) is 9.61. The molecule has 164 valence electrons. The number of rotatable bonds is 6. The average molecular weight is 567 g/mol. The molecular weight excluding hydrogens is 542 g/mol. The van der Waals surface area contributed by atoms with Crippen molar-refractivity contribution in [1.82, 2.24) is 10.2 Å². The molecule has 2 aromatic carbocycles. The van der Waals surface area contributed by atoms with Crippen LogP contribution in [0.3, 0.4) is 0 Å². The number of piperidine rings is 1.